The van der Waals surface area contributed by atoms with Crippen LogP contribution in [0.5, 0.6) is 5.75 Å². The molecule has 2 rings (SSSR count). The number of hydrogen-bond acceptors (Lipinski definition) is 3. The van der Waals surface area contributed by atoms with E-state index < -0.39 is 23.5 Å². The molecule has 0 radical (unpaired) electrons. The number of hydrogen-bond donors (Lipinski definition) is 1. The minimum absolute atomic E-state index is 0.0136. The van der Waals surface area contributed by atoms with Gasteiger partial charge in [-0.05, 0) is 45.4 Å². The van der Waals surface area contributed by atoms with Gasteiger partial charge in [0.2, 0.25) is 5.91 Å². The molecule has 1 N–H and O–H groups in total. The van der Waals surface area contributed by atoms with Gasteiger partial charge in [-0.15, -0.1) is 0 Å². The molecule has 0 bridgehead atoms. The number of halogens is 3. The molecule has 1 saturated heterocycles. The molecule has 0 unspecified atom stereocenters. The van der Waals surface area contributed by atoms with Gasteiger partial charge in [-0.1, -0.05) is 12.1 Å². The van der Waals surface area contributed by atoms with Crippen molar-refractivity contribution < 1.29 is 22.7 Å². The molecule has 128 valence electrons. The minimum atomic E-state index is -4.51. The van der Waals surface area contributed by atoms with Crippen LogP contribution in [0.1, 0.15) is 39.3 Å². The van der Waals surface area contributed by atoms with Crippen LogP contribution in [0.25, 0.3) is 0 Å². The van der Waals surface area contributed by atoms with Crippen LogP contribution in [0.3, 0.4) is 0 Å². The van der Waals surface area contributed by atoms with Crippen LogP contribution in [0.2, 0.25) is 0 Å². The number of rotatable bonds is 4. The second kappa shape index (κ2) is 6.03. The molecular formula is C16H21F3N2O2. The summed E-state index contributed by atoms with van der Waals surface area (Å²) < 4.78 is 46.0. The van der Waals surface area contributed by atoms with Crippen molar-refractivity contribution in [2.45, 2.75) is 46.0 Å². The molecule has 7 heteroatoms. The molecular weight excluding hydrogens is 309 g/mol. The molecule has 0 saturated carbocycles. The highest BCUT2D eigenvalue weighted by atomic mass is 19.4. The molecule has 4 nitrogen and oxygen atoms in total. The smallest absolute Gasteiger partial charge is 0.409 e. The third-order valence-electron chi connectivity index (χ3n) is 3.61. The predicted molar refractivity (Wildman–Crippen MR) is 79.6 cm³/mol. The largest absolute Gasteiger partial charge is 0.491 e. The zero-order valence-corrected chi connectivity index (χ0v) is 13.6. The Labute approximate surface area is 133 Å². The summed E-state index contributed by atoms with van der Waals surface area (Å²) in [5, 5.41) is 0.959. The summed E-state index contributed by atoms with van der Waals surface area (Å²) in [7, 11) is 0. The molecule has 0 aliphatic carbocycles. The lowest BCUT2D eigenvalue weighted by Crippen LogP contribution is -2.43. The van der Waals surface area contributed by atoms with Crippen LogP contribution < -0.4 is 10.2 Å². The molecule has 1 aliphatic heterocycles. The van der Waals surface area contributed by atoms with E-state index in [1.54, 1.807) is 13.8 Å². The highest BCUT2D eigenvalue weighted by Crippen LogP contribution is 2.40. The fourth-order valence-electron chi connectivity index (χ4n) is 2.52. The summed E-state index contributed by atoms with van der Waals surface area (Å²) in [6.45, 7) is 6.91. The van der Waals surface area contributed by atoms with E-state index in [0.29, 0.717) is 5.75 Å². The van der Waals surface area contributed by atoms with E-state index in [2.05, 4.69) is 5.43 Å². The standard InChI is InChI=1S/C16H21F3N2O2/c1-10(2)23-12-7-5-11(6-8-12)13(16(17,18)19)21-9-15(3,4)14(22)20-21/h5-8,10,13H,9H2,1-4H3,(H,20,22)/t13-/m0/s1. The Balaban J connectivity index is 2.28. The maximum Gasteiger partial charge on any atom is 0.409 e. The zero-order valence-electron chi connectivity index (χ0n) is 13.6. The minimum Gasteiger partial charge on any atom is -0.491 e. The van der Waals surface area contributed by atoms with E-state index in [1.807, 2.05) is 13.8 Å². The molecule has 1 amide bonds. The molecule has 1 aromatic carbocycles. The van der Waals surface area contributed by atoms with Gasteiger partial charge in [0.25, 0.3) is 0 Å². The number of carbonyl (C=O) groups excluding carboxylic acids is 1. The average Bonchev–Trinajstić information content (AvgIpc) is 2.63. The van der Waals surface area contributed by atoms with Crippen molar-refractivity contribution in [3.63, 3.8) is 0 Å². The monoisotopic (exact) mass is 330 g/mol. The Bertz CT molecular complexity index is 568. The number of amides is 1. The van der Waals surface area contributed by atoms with Crippen LogP contribution in [0.4, 0.5) is 13.2 Å². The van der Waals surface area contributed by atoms with E-state index >= 15 is 0 Å². The van der Waals surface area contributed by atoms with Crippen LogP contribution >= 0.6 is 0 Å². The SMILES string of the molecule is CC(C)Oc1ccc([C@H](N2CC(C)(C)C(=O)N2)C(F)(F)F)cc1. The van der Waals surface area contributed by atoms with Gasteiger partial charge in [-0.2, -0.15) is 13.2 Å². The first-order valence-corrected chi connectivity index (χ1v) is 7.42. The fraction of sp³-hybridized carbons (Fsp3) is 0.562. The third-order valence-corrected chi connectivity index (χ3v) is 3.61. The molecule has 0 aromatic heterocycles. The lowest BCUT2D eigenvalue weighted by molar-refractivity contribution is -0.191. The normalized spacial score (nSPS) is 19.7. The van der Waals surface area contributed by atoms with Crippen molar-refractivity contribution in [3.8, 4) is 5.75 Å². The first-order valence-electron chi connectivity index (χ1n) is 7.42. The summed E-state index contributed by atoms with van der Waals surface area (Å²) in [5.74, 6) is 0.0990. The number of carbonyl (C=O) groups is 1. The van der Waals surface area contributed by atoms with Crippen LogP contribution in [0.15, 0.2) is 24.3 Å². The van der Waals surface area contributed by atoms with Crippen molar-refractivity contribution in [1.82, 2.24) is 10.4 Å². The molecule has 1 aromatic rings. The van der Waals surface area contributed by atoms with Gasteiger partial charge in [0, 0.05) is 6.54 Å². The Hall–Kier alpha value is -1.76. The zero-order chi connectivity index (χ0) is 17.4. The number of hydrazine groups is 1. The van der Waals surface area contributed by atoms with Gasteiger partial charge in [-0.25, -0.2) is 5.01 Å². The number of alkyl halides is 3. The quantitative estimate of drug-likeness (QED) is 0.919. The molecule has 1 atom stereocenters. The Morgan fingerprint density at radius 3 is 2.17 bits per heavy atom. The molecule has 1 aliphatic rings. The number of benzene rings is 1. The van der Waals surface area contributed by atoms with E-state index in [9.17, 15) is 18.0 Å². The number of ether oxygens (including phenoxy) is 1. The van der Waals surface area contributed by atoms with Crippen molar-refractivity contribution in [2.24, 2.45) is 5.41 Å². The molecule has 23 heavy (non-hydrogen) atoms. The lowest BCUT2D eigenvalue weighted by atomic mass is 9.93. The number of nitrogens with zero attached hydrogens (tertiary/aromatic N) is 1. The first-order chi connectivity index (χ1) is 10.5. The van der Waals surface area contributed by atoms with Gasteiger partial charge < -0.3 is 4.74 Å². The van der Waals surface area contributed by atoms with E-state index in [4.69, 9.17) is 4.74 Å². The van der Waals surface area contributed by atoms with Crippen LogP contribution in [-0.4, -0.2) is 29.7 Å². The summed E-state index contributed by atoms with van der Waals surface area (Å²) in [5.41, 5.74) is 1.54. The van der Waals surface area contributed by atoms with Crippen molar-refractivity contribution >= 4 is 5.91 Å². The highest BCUT2D eigenvalue weighted by molar-refractivity contribution is 5.83. The van der Waals surface area contributed by atoms with E-state index in [-0.39, 0.29) is 18.2 Å². The fourth-order valence-corrected chi connectivity index (χ4v) is 2.52. The van der Waals surface area contributed by atoms with Gasteiger partial charge >= 0.3 is 6.18 Å². The first kappa shape index (κ1) is 17.6. The van der Waals surface area contributed by atoms with Gasteiger partial charge in [0.1, 0.15) is 11.8 Å². The summed E-state index contributed by atoms with van der Waals surface area (Å²) in [4.78, 5) is 11.8. The number of nitrogens with one attached hydrogen (secondary N) is 1. The van der Waals surface area contributed by atoms with Crippen molar-refractivity contribution in [2.75, 3.05) is 6.54 Å². The highest BCUT2D eigenvalue weighted by Gasteiger charge is 2.51. The van der Waals surface area contributed by atoms with Crippen molar-refractivity contribution in [1.29, 1.82) is 0 Å². The van der Waals surface area contributed by atoms with Crippen LogP contribution in [-0.2, 0) is 4.79 Å². The second-order valence-electron chi connectivity index (χ2n) is 6.63. The maximum absolute atomic E-state index is 13.5. The molecule has 1 fully saturated rings. The Morgan fingerprint density at radius 1 is 1.22 bits per heavy atom. The third kappa shape index (κ3) is 3.96. The summed E-state index contributed by atoms with van der Waals surface area (Å²) in [6.07, 6.45) is -4.56. The molecule has 1 heterocycles. The second-order valence-corrected chi connectivity index (χ2v) is 6.63. The van der Waals surface area contributed by atoms with Crippen LogP contribution in [0, 0.1) is 5.41 Å². The molecule has 0 spiro atoms. The van der Waals surface area contributed by atoms with Gasteiger partial charge in [-0.3, -0.25) is 10.2 Å². The summed E-state index contributed by atoms with van der Waals surface area (Å²) >= 11 is 0. The van der Waals surface area contributed by atoms with Crippen molar-refractivity contribution in [3.05, 3.63) is 29.8 Å². The van der Waals surface area contributed by atoms with E-state index in [1.165, 1.54) is 24.3 Å². The predicted octanol–water partition coefficient (Wildman–Crippen LogP) is 3.45. The Kier molecular flexibility index (Phi) is 4.61. The van der Waals surface area contributed by atoms with E-state index in [0.717, 1.165) is 5.01 Å². The summed E-state index contributed by atoms with van der Waals surface area (Å²) in [6, 6.07) is 3.90. The Morgan fingerprint density at radius 2 is 1.78 bits per heavy atom. The maximum atomic E-state index is 13.5. The van der Waals surface area contributed by atoms with Gasteiger partial charge in [0.15, 0.2) is 0 Å². The average molecular weight is 330 g/mol. The lowest BCUT2D eigenvalue weighted by Gasteiger charge is -2.30. The van der Waals surface area contributed by atoms with Gasteiger partial charge in [0.05, 0.1) is 11.5 Å². The topological polar surface area (TPSA) is 41.6 Å².